The molecule has 3 fully saturated rings. The molecule has 112 valence electrons. The zero-order chi connectivity index (χ0) is 14.3. The summed E-state index contributed by atoms with van der Waals surface area (Å²) in [6, 6.07) is 0.158. The van der Waals surface area contributed by atoms with Gasteiger partial charge in [0.1, 0.15) is 5.54 Å². The van der Waals surface area contributed by atoms with Crippen LogP contribution in [-0.4, -0.2) is 50.6 Å². The Hall–Kier alpha value is -0.910. The first-order valence-corrected chi connectivity index (χ1v) is 8.96. The molecule has 20 heavy (non-hydrogen) atoms. The van der Waals surface area contributed by atoms with Gasteiger partial charge in [-0.05, 0) is 38.5 Å². The van der Waals surface area contributed by atoms with Crippen LogP contribution >= 0.6 is 0 Å². The van der Waals surface area contributed by atoms with E-state index in [9.17, 15) is 13.8 Å². The first-order chi connectivity index (χ1) is 9.50. The lowest BCUT2D eigenvalue weighted by Crippen LogP contribution is -2.59. The minimum absolute atomic E-state index is 0.0189. The zero-order valence-electron chi connectivity index (χ0n) is 11.9. The van der Waals surface area contributed by atoms with Gasteiger partial charge in [0, 0.05) is 41.3 Å². The largest absolute Gasteiger partial charge is 0.342 e. The average Bonchev–Trinajstić information content (AvgIpc) is 3.24. The maximum absolute atomic E-state index is 12.9. The summed E-state index contributed by atoms with van der Waals surface area (Å²) < 4.78 is 11.5. The maximum atomic E-state index is 12.9. The molecule has 3 rings (SSSR count). The van der Waals surface area contributed by atoms with Gasteiger partial charge in [-0.25, -0.2) is 0 Å². The first-order valence-electron chi connectivity index (χ1n) is 7.48. The van der Waals surface area contributed by atoms with E-state index in [0.29, 0.717) is 24.5 Å². The highest BCUT2D eigenvalue weighted by atomic mass is 32.2. The Balaban J connectivity index is 1.80. The van der Waals surface area contributed by atoms with E-state index in [1.165, 1.54) is 0 Å². The standard InChI is InChI=1S/C14H22N2O3S/c1-14(10-2-3-10)13(18)16(7-4-12(17)15-14)11-5-8-20(19)9-6-11/h10-11H,2-9H2,1H3,(H,15,17). The summed E-state index contributed by atoms with van der Waals surface area (Å²) in [6.07, 6.45) is 4.02. The summed E-state index contributed by atoms with van der Waals surface area (Å²) in [4.78, 5) is 26.7. The third-order valence-electron chi connectivity index (χ3n) is 4.88. The van der Waals surface area contributed by atoms with Crippen molar-refractivity contribution in [3.8, 4) is 0 Å². The van der Waals surface area contributed by atoms with Crippen LogP contribution in [-0.2, 0) is 20.4 Å². The molecule has 1 N–H and O–H groups in total. The van der Waals surface area contributed by atoms with Gasteiger partial charge in [-0.15, -0.1) is 0 Å². The third kappa shape index (κ3) is 2.50. The normalized spacial score (nSPS) is 39.4. The molecule has 1 saturated carbocycles. The molecule has 6 heteroatoms. The molecule has 0 aromatic heterocycles. The lowest BCUT2D eigenvalue weighted by atomic mass is 9.93. The monoisotopic (exact) mass is 298 g/mol. The summed E-state index contributed by atoms with van der Waals surface area (Å²) in [5, 5.41) is 2.95. The number of carbonyl (C=O) groups excluding carboxylic acids is 2. The van der Waals surface area contributed by atoms with Crippen LogP contribution in [0.2, 0.25) is 0 Å². The van der Waals surface area contributed by atoms with E-state index in [4.69, 9.17) is 0 Å². The molecule has 0 spiro atoms. The fraction of sp³-hybridized carbons (Fsp3) is 0.857. The molecule has 1 atom stereocenters. The zero-order valence-corrected chi connectivity index (χ0v) is 12.7. The molecule has 0 aromatic rings. The van der Waals surface area contributed by atoms with Gasteiger partial charge in [0.15, 0.2) is 0 Å². The summed E-state index contributed by atoms with van der Waals surface area (Å²) in [5.74, 6) is 1.70. The Morgan fingerprint density at radius 1 is 1.20 bits per heavy atom. The van der Waals surface area contributed by atoms with Gasteiger partial charge < -0.3 is 10.2 Å². The Morgan fingerprint density at radius 3 is 2.45 bits per heavy atom. The Labute approximate surface area is 121 Å². The van der Waals surface area contributed by atoms with Crippen LogP contribution in [0.5, 0.6) is 0 Å². The Kier molecular flexibility index (Phi) is 3.60. The molecule has 2 heterocycles. The molecular weight excluding hydrogens is 276 g/mol. The number of rotatable bonds is 2. The second-order valence-corrected chi connectivity index (χ2v) is 8.05. The van der Waals surface area contributed by atoms with E-state index < -0.39 is 16.3 Å². The van der Waals surface area contributed by atoms with Crippen LogP contribution in [0.15, 0.2) is 0 Å². The summed E-state index contributed by atoms with van der Waals surface area (Å²) >= 11 is 0. The topological polar surface area (TPSA) is 66.5 Å². The molecule has 2 amide bonds. The van der Waals surface area contributed by atoms with E-state index in [-0.39, 0.29) is 23.8 Å². The fourth-order valence-electron chi connectivity index (χ4n) is 3.41. The molecule has 1 unspecified atom stereocenters. The Bertz CT molecular complexity index is 453. The minimum atomic E-state index is -0.724. The summed E-state index contributed by atoms with van der Waals surface area (Å²) in [6.45, 7) is 2.38. The highest BCUT2D eigenvalue weighted by molar-refractivity contribution is 7.85. The number of nitrogens with one attached hydrogen (secondary N) is 1. The number of amides is 2. The van der Waals surface area contributed by atoms with E-state index in [2.05, 4.69) is 5.32 Å². The van der Waals surface area contributed by atoms with Crippen molar-refractivity contribution in [2.45, 2.75) is 50.6 Å². The number of nitrogens with zero attached hydrogens (tertiary/aromatic N) is 1. The molecular formula is C14H22N2O3S. The highest BCUT2D eigenvalue weighted by Crippen LogP contribution is 2.42. The summed E-state index contributed by atoms with van der Waals surface area (Å²) in [7, 11) is -0.724. The van der Waals surface area contributed by atoms with E-state index in [1.807, 2.05) is 11.8 Å². The van der Waals surface area contributed by atoms with Gasteiger partial charge in [-0.1, -0.05) is 0 Å². The molecule has 2 saturated heterocycles. The van der Waals surface area contributed by atoms with E-state index >= 15 is 0 Å². The van der Waals surface area contributed by atoms with Crippen molar-refractivity contribution in [3.63, 3.8) is 0 Å². The van der Waals surface area contributed by atoms with Gasteiger partial charge in [-0.2, -0.15) is 0 Å². The van der Waals surface area contributed by atoms with Gasteiger partial charge >= 0.3 is 0 Å². The van der Waals surface area contributed by atoms with Crippen molar-refractivity contribution < 1.29 is 13.8 Å². The highest BCUT2D eigenvalue weighted by Gasteiger charge is 2.52. The van der Waals surface area contributed by atoms with Crippen LogP contribution in [0, 0.1) is 5.92 Å². The molecule has 1 aliphatic carbocycles. The van der Waals surface area contributed by atoms with Crippen LogP contribution in [0.4, 0.5) is 0 Å². The van der Waals surface area contributed by atoms with Crippen LogP contribution in [0.1, 0.15) is 39.0 Å². The smallest absolute Gasteiger partial charge is 0.248 e. The van der Waals surface area contributed by atoms with E-state index in [1.54, 1.807) is 0 Å². The van der Waals surface area contributed by atoms with Gasteiger partial charge in [-0.3, -0.25) is 13.8 Å². The quantitative estimate of drug-likeness (QED) is 0.803. The average molecular weight is 298 g/mol. The second-order valence-electron chi connectivity index (χ2n) is 6.35. The molecule has 0 aromatic carbocycles. The van der Waals surface area contributed by atoms with Crippen molar-refractivity contribution in [2.24, 2.45) is 5.92 Å². The first kappa shape index (κ1) is 14.0. The van der Waals surface area contributed by atoms with Gasteiger partial charge in [0.2, 0.25) is 11.8 Å². The lowest BCUT2D eigenvalue weighted by Gasteiger charge is -2.38. The van der Waals surface area contributed by atoms with Crippen molar-refractivity contribution in [1.29, 1.82) is 0 Å². The minimum Gasteiger partial charge on any atom is -0.342 e. The van der Waals surface area contributed by atoms with Crippen molar-refractivity contribution in [3.05, 3.63) is 0 Å². The number of carbonyl (C=O) groups is 2. The molecule has 0 radical (unpaired) electrons. The number of hydrogen-bond acceptors (Lipinski definition) is 3. The van der Waals surface area contributed by atoms with Gasteiger partial charge in [0.25, 0.3) is 0 Å². The van der Waals surface area contributed by atoms with Crippen LogP contribution in [0.3, 0.4) is 0 Å². The fourth-order valence-corrected chi connectivity index (χ4v) is 4.68. The van der Waals surface area contributed by atoms with Crippen LogP contribution in [0.25, 0.3) is 0 Å². The molecule has 2 aliphatic heterocycles. The SMILES string of the molecule is CC1(C2CC2)NC(=O)CCN(C2CCS(=O)CC2)C1=O. The third-order valence-corrected chi connectivity index (χ3v) is 6.26. The maximum Gasteiger partial charge on any atom is 0.248 e. The molecule has 3 aliphatic rings. The molecule has 5 nitrogen and oxygen atoms in total. The predicted molar refractivity (Wildman–Crippen MR) is 76.5 cm³/mol. The van der Waals surface area contributed by atoms with Crippen molar-refractivity contribution in [2.75, 3.05) is 18.1 Å². The number of hydrogen-bond donors (Lipinski definition) is 1. The molecule has 0 bridgehead atoms. The van der Waals surface area contributed by atoms with Crippen molar-refractivity contribution >= 4 is 22.6 Å². The van der Waals surface area contributed by atoms with Gasteiger partial charge in [0.05, 0.1) is 0 Å². The summed E-state index contributed by atoms with van der Waals surface area (Å²) in [5.41, 5.74) is -0.718. The Morgan fingerprint density at radius 2 is 1.85 bits per heavy atom. The lowest BCUT2D eigenvalue weighted by molar-refractivity contribution is -0.141. The van der Waals surface area contributed by atoms with E-state index in [0.717, 1.165) is 25.7 Å². The predicted octanol–water partition coefficient (Wildman–Crippen LogP) is 0.415. The van der Waals surface area contributed by atoms with Crippen molar-refractivity contribution in [1.82, 2.24) is 10.2 Å². The van der Waals surface area contributed by atoms with Crippen LogP contribution < -0.4 is 5.32 Å². The second kappa shape index (κ2) is 5.13.